The number of benzene rings is 1. The van der Waals surface area contributed by atoms with Gasteiger partial charge in [0.05, 0.1) is 0 Å². The summed E-state index contributed by atoms with van der Waals surface area (Å²) in [5.41, 5.74) is 6.29. The van der Waals surface area contributed by atoms with Gasteiger partial charge >= 0.3 is 0 Å². The topological polar surface area (TPSA) is 55.5 Å². The van der Waals surface area contributed by atoms with E-state index in [-0.39, 0.29) is 12.1 Å². The first-order valence-corrected chi connectivity index (χ1v) is 5.59. The zero-order valence-corrected chi connectivity index (χ0v) is 10.1. The Labute approximate surface area is 96.2 Å². The van der Waals surface area contributed by atoms with Gasteiger partial charge in [-0.2, -0.15) is 0 Å². The number of ether oxygens (including phenoxy) is 1. The maximum absolute atomic E-state index is 10.6. The average molecular weight is 221 g/mol. The van der Waals surface area contributed by atoms with Crippen LogP contribution in [0.25, 0.3) is 0 Å². The molecule has 0 spiro atoms. The third-order valence-electron chi connectivity index (χ3n) is 3.08. The third kappa shape index (κ3) is 1.81. The minimum atomic E-state index is -0.969. The van der Waals surface area contributed by atoms with Crippen molar-refractivity contribution in [1.29, 1.82) is 0 Å². The maximum atomic E-state index is 10.6. The van der Waals surface area contributed by atoms with Gasteiger partial charge in [-0.3, -0.25) is 0 Å². The number of aryl methyl sites for hydroxylation is 1. The standard InChI is InChI=1S/C13H19NO2/c1-9-4-5-11-10(6-9)13(15,8-14)7-12(2,3)16-11/h4-6,15H,7-8,14H2,1-3H3. The van der Waals surface area contributed by atoms with Crippen molar-refractivity contribution in [3.63, 3.8) is 0 Å². The predicted octanol–water partition coefficient (Wildman–Crippen LogP) is 1.70. The van der Waals surface area contributed by atoms with Gasteiger partial charge in [0.25, 0.3) is 0 Å². The fourth-order valence-electron chi connectivity index (χ4n) is 2.41. The smallest absolute Gasteiger partial charge is 0.126 e. The molecule has 1 heterocycles. The molecule has 3 nitrogen and oxygen atoms in total. The van der Waals surface area contributed by atoms with Crippen LogP contribution in [0.5, 0.6) is 5.75 Å². The van der Waals surface area contributed by atoms with Gasteiger partial charge in [-0.05, 0) is 32.9 Å². The van der Waals surface area contributed by atoms with Crippen molar-refractivity contribution < 1.29 is 9.84 Å². The number of hydrogen-bond donors (Lipinski definition) is 2. The summed E-state index contributed by atoms with van der Waals surface area (Å²) in [7, 11) is 0. The molecule has 3 heteroatoms. The fourth-order valence-corrected chi connectivity index (χ4v) is 2.41. The van der Waals surface area contributed by atoms with Crippen LogP contribution in [0.1, 0.15) is 31.4 Å². The number of hydrogen-bond acceptors (Lipinski definition) is 3. The van der Waals surface area contributed by atoms with Crippen LogP contribution in [-0.2, 0) is 5.60 Å². The van der Waals surface area contributed by atoms with E-state index in [4.69, 9.17) is 10.5 Å². The van der Waals surface area contributed by atoms with Crippen LogP contribution in [0.2, 0.25) is 0 Å². The van der Waals surface area contributed by atoms with E-state index in [1.807, 2.05) is 39.0 Å². The zero-order valence-electron chi connectivity index (χ0n) is 10.1. The first kappa shape index (κ1) is 11.4. The molecule has 3 N–H and O–H groups in total. The molecule has 0 aliphatic carbocycles. The monoisotopic (exact) mass is 221 g/mol. The maximum Gasteiger partial charge on any atom is 0.126 e. The third-order valence-corrected chi connectivity index (χ3v) is 3.08. The Morgan fingerprint density at radius 2 is 2.12 bits per heavy atom. The predicted molar refractivity (Wildman–Crippen MR) is 63.5 cm³/mol. The first-order chi connectivity index (χ1) is 7.36. The molecular weight excluding hydrogens is 202 g/mol. The molecular formula is C13H19NO2. The molecule has 0 saturated carbocycles. The van der Waals surface area contributed by atoms with E-state index in [1.165, 1.54) is 0 Å². The number of fused-ring (bicyclic) bond motifs is 1. The molecule has 0 aromatic heterocycles. The molecule has 0 saturated heterocycles. The van der Waals surface area contributed by atoms with Crippen LogP contribution in [0.4, 0.5) is 0 Å². The number of nitrogens with two attached hydrogens (primary N) is 1. The Morgan fingerprint density at radius 1 is 1.44 bits per heavy atom. The molecule has 1 atom stereocenters. The lowest BCUT2D eigenvalue weighted by molar-refractivity contribution is -0.0578. The van der Waals surface area contributed by atoms with Gasteiger partial charge in [-0.1, -0.05) is 11.6 Å². The number of aliphatic hydroxyl groups is 1. The molecule has 1 unspecified atom stereocenters. The van der Waals surface area contributed by atoms with Crippen LogP contribution in [0.3, 0.4) is 0 Å². The Kier molecular flexibility index (Phi) is 2.48. The van der Waals surface area contributed by atoms with Gasteiger partial charge in [0.15, 0.2) is 0 Å². The van der Waals surface area contributed by atoms with Crippen molar-refractivity contribution >= 4 is 0 Å². The van der Waals surface area contributed by atoms with Crippen LogP contribution < -0.4 is 10.5 Å². The van der Waals surface area contributed by atoms with Gasteiger partial charge in [-0.25, -0.2) is 0 Å². The van der Waals surface area contributed by atoms with Gasteiger partial charge < -0.3 is 15.6 Å². The summed E-state index contributed by atoms with van der Waals surface area (Å²) < 4.78 is 5.86. The average Bonchev–Trinajstić information content (AvgIpc) is 2.18. The van der Waals surface area contributed by atoms with Crippen molar-refractivity contribution in [3.8, 4) is 5.75 Å². The lowest BCUT2D eigenvalue weighted by Crippen LogP contribution is -2.48. The highest BCUT2D eigenvalue weighted by Crippen LogP contribution is 2.43. The van der Waals surface area contributed by atoms with Crippen molar-refractivity contribution in [1.82, 2.24) is 0 Å². The normalized spacial score (nSPS) is 27.1. The highest BCUT2D eigenvalue weighted by molar-refractivity contribution is 5.43. The Morgan fingerprint density at radius 3 is 2.75 bits per heavy atom. The largest absolute Gasteiger partial charge is 0.487 e. The van der Waals surface area contributed by atoms with E-state index in [9.17, 15) is 5.11 Å². The minimum absolute atomic E-state index is 0.218. The molecule has 1 aromatic rings. The van der Waals surface area contributed by atoms with E-state index < -0.39 is 5.60 Å². The van der Waals surface area contributed by atoms with Crippen LogP contribution >= 0.6 is 0 Å². The summed E-state index contributed by atoms with van der Waals surface area (Å²) in [6.07, 6.45) is 0.521. The van der Waals surface area contributed by atoms with Crippen molar-refractivity contribution in [2.75, 3.05) is 6.54 Å². The van der Waals surface area contributed by atoms with Gasteiger partial charge in [0.2, 0.25) is 0 Å². The second-order valence-corrected chi connectivity index (χ2v) is 5.27. The second-order valence-electron chi connectivity index (χ2n) is 5.27. The molecule has 0 amide bonds. The zero-order chi connectivity index (χ0) is 12.0. The van der Waals surface area contributed by atoms with E-state index in [2.05, 4.69) is 0 Å². The molecule has 2 rings (SSSR count). The summed E-state index contributed by atoms with van der Waals surface area (Å²) >= 11 is 0. The van der Waals surface area contributed by atoms with Crippen molar-refractivity contribution in [3.05, 3.63) is 29.3 Å². The van der Waals surface area contributed by atoms with E-state index in [0.29, 0.717) is 6.42 Å². The van der Waals surface area contributed by atoms with Crippen molar-refractivity contribution in [2.45, 2.75) is 38.4 Å². The highest BCUT2D eigenvalue weighted by atomic mass is 16.5. The molecule has 0 radical (unpaired) electrons. The van der Waals surface area contributed by atoms with E-state index in [1.54, 1.807) is 0 Å². The van der Waals surface area contributed by atoms with E-state index in [0.717, 1.165) is 16.9 Å². The van der Waals surface area contributed by atoms with Crippen LogP contribution in [0, 0.1) is 6.92 Å². The van der Waals surface area contributed by atoms with E-state index >= 15 is 0 Å². The summed E-state index contributed by atoms with van der Waals surface area (Å²) in [6.45, 7) is 6.15. The van der Waals surface area contributed by atoms with Crippen LogP contribution in [0.15, 0.2) is 18.2 Å². The SMILES string of the molecule is Cc1ccc2c(c1)C(O)(CN)CC(C)(C)O2. The minimum Gasteiger partial charge on any atom is -0.487 e. The summed E-state index contributed by atoms with van der Waals surface area (Å²) in [5, 5.41) is 10.6. The number of rotatable bonds is 1. The van der Waals surface area contributed by atoms with Gasteiger partial charge in [0, 0.05) is 18.5 Å². The molecule has 88 valence electrons. The molecule has 1 aliphatic rings. The van der Waals surface area contributed by atoms with Gasteiger partial charge in [0.1, 0.15) is 17.0 Å². The highest BCUT2D eigenvalue weighted by Gasteiger charge is 2.43. The Hall–Kier alpha value is -1.06. The Balaban J connectivity index is 2.56. The fraction of sp³-hybridized carbons (Fsp3) is 0.538. The summed E-state index contributed by atoms with van der Waals surface area (Å²) in [5.74, 6) is 0.745. The second kappa shape index (κ2) is 3.47. The quantitative estimate of drug-likeness (QED) is 0.759. The Bertz CT molecular complexity index is 414. The molecule has 0 fully saturated rings. The molecule has 0 bridgehead atoms. The molecule has 1 aromatic carbocycles. The molecule has 1 aliphatic heterocycles. The summed E-state index contributed by atoms with van der Waals surface area (Å²) in [6, 6.07) is 5.85. The lowest BCUT2D eigenvalue weighted by atomic mass is 9.80. The van der Waals surface area contributed by atoms with Gasteiger partial charge in [-0.15, -0.1) is 0 Å². The molecule has 16 heavy (non-hydrogen) atoms. The lowest BCUT2D eigenvalue weighted by Gasteiger charge is -2.42. The van der Waals surface area contributed by atoms with Crippen LogP contribution in [-0.4, -0.2) is 17.3 Å². The summed E-state index contributed by atoms with van der Waals surface area (Å²) in [4.78, 5) is 0. The van der Waals surface area contributed by atoms with Crippen molar-refractivity contribution in [2.24, 2.45) is 5.73 Å². The first-order valence-electron chi connectivity index (χ1n) is 5.59.